The lowest BCUT2D eigenvalue weighted by Gasteiger charge is -2.04. The molecule has 66 valence electrons. The normalized spacial score (nSPS) is 10.6. The number of alkyl halides is 2. The highest BCUT2D eigenvalue weighted by atomic mass is 19.3. The van der Waals surface area contributed by atoms with Crippen molar-refractivity contribution in [1.29, 1.82) is 0 Å². The SMILES string of the molecule is Nc1c(O)cc(=O)[nH]c1C(F)F. The largest absolute Gasteiger partial charge is 0.506 e. The van der Waals surface area contributed by atoms with Crippen LogP contribution in [0.15, 0.2) is 10.9 Å². The fraction of sp³-hybridized carbons (Fsp3) is 0.167. The fourth-order valence-corrected chi connectivity index (χ4v) is 0.748. The maximum absolute atomic E-state index is 12.0. The summed E-state index contributed by atoms with van der Waals surface area (Å²) >= 11 is 0. The van der Waals surface area contributed by atoms with Crippen molar-refractivity contribution in [2.75, 3.05) is 5.73 Å². The van der Waals surface area contributed by atoms with E-state index in [1.807, 2.05) is 4.98 Å². The molecule has 0 radical (unpaired) electrons. The van der Waals surface area contributed by atoms with Gasteiger partial charge in [0.05, 0.1) is 5.69 Å². The molecule has 0 atom stereocenters. The summed E-state index contributed by atoms with van der Waals surface area (Å²) in [6.45, 7) is 0. The maximum atomic E-state index is 12.0. The van der Waals surface area contributed by atoms with Crippen molar-refractivity contribution >= 4 is 5.69 Å². The van der Waals surface area contributed by atoms with Gasteiger partial charge in [-0.1, -0.05) is 0 Å². The Bertz CT molecular complexity index is 348. The Morgan fingerprint density at radius 1 is 1.58 bits per heavy atom. The molecule has 1 rings (SSSR count). The third-order valence-corrected chi connectivity index (χ3v) is 1.31. The Morgan fingerprint density at radius 2 is 2.17 bits per heavy atom. The molecule has 0 aliphatic heterocycles. The van der Waals surface area contributed by atoms with E-state index in [4.69, 9.17) is 10.8 Å². The van der Waals surface area contributed by atoms with Crippen molar-refractivity contribution in [3.8, 4) is 5.75 Å². The Balaban J connectivity index is 3.38. The zero-order valence-corrected chi connectivity index (χ0v) is 5.84. The van der Waals surface area contributed by atoms with Crippen LogP contribution in [-0.2, 0) is 0 Å². The van der Waals surface area contributed by atoms with Crippen LogP contribution in [0.1, 0.15) is 12.1 Å². The molecule has 0 saturated heterocycles. The molecule has 0 amide bonds. The Labute approximate surface area is 65.6 Å². The van der Waals surface area contributed by atoms with Crippen molar-refractivity contribution < 1.29 is 13.9 Å². The molecule has 1 aromatic heterocycles. The van der Waals surface area contributed by atoms with Gasteiger partial charge in [0.2, 0.25) is 0 Å². The summed E-state index contributed by atoms with van der Waals surface area (Å²) in [6, 6.07) is 0.737. The molecule has 1 heterocycles. The molecule has 0 fully saturated rings. The lowest BCUT2D eigenvalue weighted by molar-refractivity contribution is 0.146. The van der Waals surface area contributed by atoms with Gasteiger partial charge in [-0.2, -0.15) is 0 Å². The Hall–Kier alpha value is -1.59. The van der Waals surface area contributed by atoms with Crippen LogP contribution in [0.2, 0.25) is 0 Å². The van der Waals surface area contributed by atoms with Gasteiger partial charge in [0.15, 0.2) is 0 Å². The van der Waals surface area contributed by atoms with E-state index in [0.29, 0.717) is 0 Å². The number of aromatic hydroxyl groups is 1. The minimum Gasteiger partial charge on any atom is -0.506 e. The number of nitrogens with one attached hydrogen (secondary N) is 1. The lowest BCUT2D eigenvalue weighted by Crippen LogP contribution is -2.10. The molecule has 0 aromatic carbocycles. The minimum absolute atomic E-state index is 0.496. The first-order valence-corrected chi connectivity index (χ1v) is 3.02. The number of halogens is 2. The summed E-state index contributed by atoms with van der Waals surface area (Å²) in [4.78, 5) is 12.4. The number of pyridine rings is 1. The van der Waals surface area contributed by atoms with E-state index in [2.05, 4.69) is 0 Å². The van der Waals surface area contributed by atoms with E-state index in [1.165, 1.54) is 0 Å². The first-order valence-electron chi connectivity index (χ1n) is 3.02. The number of nitrogens with two attached hydrogens (primary N) is 1. The summed E-state index contributed by atoms with van der Waals surface area (Å²) in [5.74, 6) is -0.631. The van der Waals surface area contributed by atoms with Crippen molar-refractivity contribution in [1.82, 2.24) is 4.98 Å². The van der Waals surface area contributed by atoms with Gasteiger partial charge in [-0.15, -0.1) is 0 Å². The predicted molar refractivity (Wildman–Crippen MR) is 38.1 cm³/mol. The molecule has 0 aliphatic carbocycles. The first kappa shape index (κ1) is 8.51. The third kappa shape index (κ3) is 1.36. The molecule has 0 bridgehead atoms. The van der Waals surface area contributed by atoms with Gasteiger partial charge < -0.3 is 15.8 Å². The van der Waals surface area contributed by atoms with Crippen LogP contribution in [0.3, 0.4) is 0 Å². The van der Waals surface area contributed by atoms with Gasteiger partial charge in [-0.25, -0.2) is 8.78 Å². The van der Waals surface area contributed by atoms with Crippen molar-refractivity contribution in [3.05, 3.63) is 22.1 Å². The van der Waals surface area contributed by atoms with Crippen LogP contribution in [0.5, 0.6) is 5.75 Å². The summed E-state index contributed by atoms with van der Waals surface area (Å²) < 4.78 is 24.1. The van der Waals surface area contributed by atoms with E-state index >= 15 is 0 Å². The number of aromatic nitrogens is 1. The van der Waals surface area contributed by atoms with Crippen LogP contribution in [0.25, 0.3) is 0 Å². The highest BCUT2D eigenvalue weighted by molar-refractivity contribution is 5.54. The zero-order chi connectivity index (χ0) is 9.30. The molecule has 0 aliphatic rings. The van der Waals surface area contributed by atoms with Crippen LogP contribution in [0, 0.1) is 0 Å². The second-order valence-corrected chi connectivity index (χ2v) is 2.15. The van der Waals surface area contributed by atoms with Gasteiger partial charge in [-0.3, -0.25) is 4.79 Å². The molecule has 12 heavy (non-hydrogen) atoms. The van der Waals surface area contributed by atoms with Crippen molar-refractivity contribution in [2.24, 2.45) is 0 Å². The van der Waals surface area contributed by atoms with Crippen LogP contribution in [-0.4, -0.2) is 10.1 Å². The van der Waals surface area contributed by atoms with Gasteiger partial charge >= 0.3 is 0 Å². The first-order chi connectivity index (χ1) is 5.52. The van der Waals surface area contributed by atoms with Crippen LogP contribution < -0.4 is 11.3 Å². The maximum Gasteiger partial charge on any atom is 0.280 e. The van der Waals surface area contributed by atoms with E-state index in [1.54, 1.807) is 0 Å². The number of hydrogen-bond acceptors (Lipinski definition) is 3. The van der Waals surface area contributed by atoms with Crippen LogP contribution >= 0.6 is 0 Å². The molecule has 4 nitrogen and oxygen atoms in total. The van der Waals surface area contributed by atoms with E-state index in [9.17, 15) is 13.6 Å². The second-order valence-electron chi connectivity index (χ2n) is 2.15. The van der Waals surface area contributed by atoms with E-state index in [0.717, 1.165) is 6.07 Å². The highest BCUT2D eigenvalue weighted by Gasteiger charge is 2.15. The van der Waals surface area contributed by atoms with E-state index < -0.39 is 29.1 Å². The Kier molecular flexibility index (Phi) is 1.99. The zero-order valence-electron chi connectivity index (χ0n) is 5.84. The number of rotatable bonds is 1. The van der Waals surface area contributed by atoms with Gasteiger partial charge in [-0.05, 0) is 0 Å². The summed E-state index contributed by atoms with van der Waals surface area (Å²) in [6.07, 6.45) is -2.90. The molecule has 1 aromatic rings. The molecular weight excluding hydrogens is 170 g/mol. The molecular formula is C6H6F2N2O2. The predicted octanol–water partition coefficient (Wildman–Crippen LogP) is 0.600. The van der Waals surface area contributed by atoms with Crippen molar-refractivity contribution in [3.63, 3.8) is 0 Å². The Morgan fingerprint density at radius 3 is 2.67 bits per heavy atom. The van der Waals surface area contributed by atoms with Gasteiger partial charge in [0.1, 0.15) is 11.4 Å². The summed E-state index contributed by atoms with van der Waals surface area (Å²) in [7, 11) is 0. The third-order valence-electron chi connectivity index (χ3n) is 1.31. The molecule has 0 spiro atoms. The summed E-state index contributed by atoms with van der Waals surface area (Å²) in [5, 5.41) is 8.85. The second kappa shape index (κ2) is 2.80. The molecule has 0 unspecified atom stereocenters. The molecule has 4 N–H and O–H groups in total. The fourth-order valence-electron chi connectivity index (χ4n) is 0.748. The lowest BCUT2D eigenvalue weighted by atomic mass is 10.3. The molecule has 0 saturated carbocycles. The average Bonchev–Trinajstić information content (AvgIpc) is 1.96. The van der Waals surface area contributed by atoms with E-state index in [-0.39, 0.29) is 0 Å². The molecule has 6 heteroatoms. The number of nitrogen functional groups attached to an aromatic ring is 1. The number of H-pyrrole nitrogens is 1. The highest BCUT2D eigenvalue weighted by Crippen LogP contribution is 2.27. The monoisotopic (exact) mass is 176 g/mol. The number of hydrogen-bond donors (Lipinski definition) is 3. The van der Waals surface area contributed by atoms with Gasteiger partial charge in [0, 0.05) is 6.07 Å². The minimum atomic E-state index is -2.90. The standard InChI is InChI=1S/C6H6F2N2O2/c7-6(8)5-4(9)2(11)1-3(12)10-5/h1,6H,9H2,(H2,10,11,12). The number of aromatic amines is 1. The average molecular weight is 176 g/mol. The smallest absolute Gasteiger partial charge is 0.280 e. The quantitative estimate of drug-likeness (QED) is 0.586. The van der Waals surface area contributed by atoms with Crippen molar-refractivity contribution in [2.45, 2.75) is 6.43 Å². The van der Waals surface area contributed by atoms with Gasteiger partial charge in [0.25, 0.3) is 12.0 Å². The van der Waals surface area contributed by atoms with Crippen LogP contribution in [0.4, 0.5) is 14.5 Å². The number of anilines is 1. The summed E-state index contributed by atoms with van der Waals surface area (Å²) in [5.41, 5.74) is 3.00. The topological polar surface area (TPSA) is 79.1 Å².